The molecule has 66 valence electrons. The van der Waals surface area contributed by atoms with Crippen LogP contribution in [0.2, 0.25) is 0 Å². The second-order valence-corrected chi connectivity index (χ2v) is 3.10. The topological polar surface area (TPSA) is 52.0 Å². The summed E-state index contributed by atoms with van der Waals surface area (Å²) in [5.41, 5.74) is 12.6. The maximum absolute atomic E-state index is 5.82. The number of nitrogens with two attached hydrogens (primary N) is 2. The lowest BCUT2D eigenvalue weighted by molar-refractivity contribution is 0.576. The molecule has 0 radical (unpaired) electrons. The maximum Gasteiger partial charge on any atom is 0.0230 e. The van der Waals surface area contributed by atoms with Gasteiger partial charge in [-0.15, -0.1) is 0 Å². The molecule has 1 rings (SSSR count). The minimum Gasteiger partial charge on any atom is -0.329 e. The van der Waals surface area contributed by atoms with E-state index in [1.807, 2.05) is 18.2 Å². The van der Waals surface area contributed by atoms with E-state index in [4.69, 9.17) is 11.5 Å². The largest absolute Gasteiger partial charge is 0.329 e. The van der Waals surface area contributed by atoms with E-state index in [1.54, 1.807) is 0 Å². The number of benzene rings is 1. The normalized spacial score (nSPS) is 15.6. The summed E-state index contributed by atoms with van der Waals surface area (Å²) in [7, 11) is 0. The van der Waals surface area contributed by atoms with Crippen molar-refractivity contribution >= 4 is 0 Å². The van der Waals surface area contributed by atoms with Crippen molar-refractivity contribution in [1.29, 1.82) is 0 Å². The van der Waals surface area contributed by atoms with Crippen molar-refractivity contribution in [2.75, 3.05) is 6.54 Å². The van der Waals surface area contributed by atoms with Gasteiger partial charge in [-0.2, -0.15) is 0 Å². The van der Waals surface area contributed by atoms with E-state index in [0.29, 0.717) is 12.5 Å². The summed E-state index contributed by atoms with van der Waals surface area (Å²) in [4.78, 5) is 0. The van der Waals surface area contributed by atoms with Gasteiger partial charge in [0.25, 0.3) is 0 Å². The molecule has 0 unspecified atom stereocenters. The van der Waals surface area contributed by atoms with Gasteiger partial charge in [0.2, 0.25) is 0 Å². The second kappa shape index (κ2) is 4.24. The van der Waals surface area contributed by atoms with Gasteiger partial charge >= 0.3 is 0 Å². The molecule has 2 atom stereocenters. The van der Waals surface area contributed by atoms with Crippen LogP contribution in [0, 0.1) is 0 Å². The predicted octanol–water partition coefficient (Wildman–Crippen LogP) is 1.08. The van der Waals surface area contributed by atoms with E-state index in [9.17, 15) is 0 Å². The third-order valence-corrected chi connectivity index (χ3v) is 2.24. The quantitative estimate of drug-likeness (QED) is 0.702. The zero-order valence-corrected chi connectivity index (χ0v) is 7.40. The van der Waals surface area contributed by atoms with Crippen LogP contribution in [0.15, 0.2) is 30.3 Å². The Kier molecular flexibility index (Phi) is 3.26. The first kappa shape index (κ1) is 9.23. The standard InChI is InChI=1S/C10H16N2/c1-8(10(12)7-11)9-5-3-2-4-6-9/h2-6,8,10H,7,11-12H2,1H3/t8-,10-/m0/s1. The first-order chi connectivity index (χ1) is 5.75. The SMILES string of the molecule is C[C@@H](c1ccccc1)[C@@H](N)CN. The van der Waals surface area contributed by atoms with Crippen molar-refractivity contribution in [2.45, 2.75) is 18.9 Å². The molecule has 12 heavy (non-hydrogen) atoms. The summed E-state index contributed by atoms with van der Waals surface area (Å²) >= 11 is 0. The molecule has 0 amide bonds. The lowest BCUT2D eigenvalue weighted by Gasteiger charge is -2.18. The molecular formula is C10H16N2. The minimum absolute atomic E-state index is 0.0624. The van der Waals surface area contributed by atoms with E-state index >= 15 is 0 Å². The van der Waals surface area contributed by atoms with Crippen LogP contribution in [0.25, 0.3) is 0 Å². The summed E-state index contributed by atoms with van der Waals surface area (Å²) < 4.78 is 0. The van der Waals surface area contributed by atoms with Crippen molar-refractivity contribution < 1.29 is 0 Å². The summed E-state index contributed by atoms with van der Waals surface area (Å²) in [5.74, 6) is 0.344. The van der Waals surface area contributed by atoms with E-state index in [0.717, 1.165) is 0 Å². The van der Waals surface area contributed by atoms with Gasteiger partial charge in [-0.05, 0) is 11.5 Å². The van der Waals surface area contributed by atoms with Crippen LogP contribution in [0.3, 0.4) is 0 Å². The fourth-order valence-corrected chi connectivity index (χ4v) is 1.21. The van der Waals surface area contributed by atoms with Crippen molar-refractivity contribution in [2.24, 2.45) is 11.5 Å². The average molecular weight is 164 g/mol. The molecule has 0 saturated heterocycles. The monoisotopic (exact) mass is 164 g/mol. The highest BCUT2D eigenvalue weighted by atomic mass is 14.7. The maximum atomic E-state index is 5.82. The highest BCUT2D eigenvalue weighted by Gasteiger charge is 2.11. The van der Waals surface area contributed by atoms with Crippen LogP contribution in [-0.4, -0.2) is 12.6 Å². The molecule has 0 aliphatic carbocycles. The zero-order chi connectivity index (χ0) is 8.97. The molecule has 0 aliphatic heterocycles. The van der Waals surface area contributed by atoms with Crippen LogP contribution in [0.5, 0.6) is 0 Å². The van der Waals surface area contributed by atoms with E-state index in [1.165, 1.54) is 5.56 Å². The molecule has 0 fully saturated rings. The Morgan fingerprint density at radius 2 is 1.83 bits per heavy atom. The van der Waals surface area contributed by atoms with Gasteiger partial charge in [-0.3, -0.25) is 0 Å². The summed E-state index contributed by atoms with van der Waals surface area (Å²) in [6, 6.07) is 10.3. The third-order valence-electron chi connectivity index (χ3n) is 2.24. The molecule has 0 aromatic heterocycles. The summed E-state index contributed by atoms with van der Waals surface area (Å²) in [6.07, 6.45) is 0. The first-order valence-corrected chi connectivity index (χ1v) is 4.26. The van der Waals surface area contributed by atoms with Crippen LogP contribution >= 0.6 is 0 Å². The third kappa shape index (κ3) is 2.06. The Morgan fingerprint density at radius 3 is 2.33 bits per heavy atom. The fourth-order valence-electron chi connectivity index (χ4n) is 1.21. The zero-order valence-electron chi connectivity index (χ0n) is 7.40. The molecule has 2 heteroatoms. The molecule has 0 bridgehead atoms. The second-order valence-electron chi connectivity index (χ2n) is 3.10. The van der Waals surface area contributed by atoms with Crippen molar-refractivity contribution in [3.63, 3.8) is 0 Å². The van der Waals surface area contributed by atoms with E-state index in [-0.39, 0.29) is 6.04 Å². The van der Waals surface area contributed by atoms with Crippen LogP contribution < -0.4 is 11.5 Å². The predicted molar refractivity (Wildman–Crippen MR) is 51.9 cm³/mol. The molecule has 0 spiro atoms. The van der Waals surface area contributed by atoms with Gasteiger partial charge in [0.15, 0.2) is 0 Å². The Morgan fingerprint density at radius 1 is 1.25 bits per heavy atom. The highest BCUT2D eigenvalue weighted by Crippen LogP contribution is 2.16. The van der Waals surface area contributed by atoms with Gasteiger partial charge in [-0.1, -0.05) is 37.3 Å². The molecule has 0 saturated carbocycles. The van der Waals surface area contributed by atoms with Gasteiger partial charge in [0.05, 0.1) is 0 Å². The molecule has 1 aromatic rings. The van der Waals surface area contributed by atoms with Crippen LogP contribution in [0.1, 0.15) is 18.4 Å². The highest BCUT2D eigenvalue weighted by molar-refractivity contribution is 5.20. The average Bonchev–Trinajstić information content (AvgIpc) is 2.17. The fraction of sp³-hybridized carbons (Fsp3) is 0.400. The Balaban J connectivity index is 2.71. The van der Waals surface area contributed by atoms with Gasteiger partial charge < -0.3 is 11.5 Å². The van der Waals surface area contributed by atoms with Crippen molar-refractivity contribution in [3.8, 4) is 0 Å². The number of hydrogen-bond acceptors (Lipinski definition) is 2. The van der Waals surface area contributed by atoms with Crippen molar-refractivity contribution in [3.05, 3.63) is 35.9 Å². The molecular weight excluding hydrogens is 148 g/mol. The Hall–Kier alpha value is -0.860. The number of hydrogen-bond donors (Lipinski definition) is 2. The van der Waals surface area contributed by atoms with Crippen LogP contribution in [-0.2, 0) is 0 Å². The summed E-state index contributed by atoms with van der Waals surface area (Å²) in [5, 5.41) is 0. The van der Waals surface area contributed by atoms with Crippen molar-refractivity contribution in [1.82, 2.24) is 0 Å². The lowest BCUT2D eigenvalue weighted by atomic mass is 9.94. The van der Waals surface area contributed by atoms with E-state index < -0.39 is 0 Å². The van der Waals surface area contributed by atoms with Crippen LogP contribution in [0.4, 0.5) is 0 Å². The molecule has 0 aliphatic rings. The molecule has 0 heterocycles. The van der Waals surface area contributed by atoms with Gasteiger partial charge in [0.1, 0.15) is 0 Å². The Labute approximate surface area is 73.6 Å². The summed E-state index contributed by atoms with van der Waals surface area (Å²) in [6.45, 7) is 2.64. The van der Waals surface area contributed by atoms with E-state index in [2.05, 4.69) is 19.1 Å². The Bertz CT molecular complexity index is 221. The van der Waals surface area contributed by atoms with Gasteiger partial charge in [-0.25, -0.2) is 0 Å². The lowest BCUT2D eigenvalue weighted by Crippen LogP contribution is -2.34. The minimum atomic E-state index is 0.0624. The smallest absolute Gasteiger partial charge is 0.0230 e. The molecule has 1 aromatic carbocycles. The molecule has 2 nitrogen and oxygen atoms in total. The molecule has 4 N–H and O–H groups in total. The first-order valence-electron chi connectivity index (χ1n) is 4.26. The number of rotatable bonds is 3. The van der Waals surface area contributed by atoms with Gasteiger partial charge in [0, 0.05) is 12.6 Å².